The number of hydrogen-bond donors (Lipinski definition) is 2. The van der Waals surface area contributed by atoms with Crippen molar-refractivity contribution in [2.75, 3.05) is 19.0 Å². The van der Waals surface area contributed by atoms with Gasteiger partial charge in [-0.05, 0) is 73.5 Å². The molecular formula is C19H27NO2. The number of aliphatic hydroxyl groups is 1. The van der Waals surface area contributed by atoms with Crippen molar-refractivity contribution >= 4 is 5.69 Å². The fourth-order valence-corrected chi connectivity index (χ4v) is 5.57. The molecule has 0 amide bonds. The van der Waals surface area contributed by atoms with Crippen molar-refractivity contribution in [3.8, 4) is 5.75 Å². The average Bonchev–Trinajstić information content (AvgIpc) is 3.21. The van der Waals surface area contributed by atoms with Gasteiger partial charge in [0.15, 0.2) is 0 Å². The van der Waals surface area contributed by atoms with Crippen molar-refractivity contribution in [1.29, 1.82) is 0 Å². The van der Waals surface area contributed by atoms with Crippen molar-refractivity contribution in [3.05, 3.63) is 23.8 Å². The minimum absolute atomic E-state index is 0.186. The number of benzene rings is 1. The largest absolute Gasteiger partial charge is 0.495 e. The maximum absolute atomic E-state index is 9.08. The Bertz CT molecular complexity index is 544. The molecule has 3 heteroatoms. The Kier molecular flexibility index (Phi) is 3.77. The highest BCUT2D eigenvalue weighted by Gasteiger charge is 2.53. The average molecular weight is 301 g/mol. The minimum Gasteiger partial charge on any atom is -0.495 e. The summed E-state index contributed by atoms with van der Waals surface area (Å²) in [4.78, 5) is 0. The zero-order chi connectivity index (χ0) is 15.1. The number of nitrogens with one attached hydrogen (secondary N) is 1. The van der Waals surface area contributed by atoms with Gasteiger partial charge in [-0.3, -0.25) is 0 Å². The fraction of sp³-hybridized carbons (Fsp3) is 0.684. The smallest absolute Gasteiger partial charge is 0.142 e. The van der Waals surface area contributed by atoms with Crippen LogP contribution in [0.15, 0.2) is 18.2 Å². The second-order valence-corrected chi connectivity index (χ2v) is 7.41. The summed E-state index contributed by atoms with van der Waals surface area (Å²) in [5, 5.41) is 12.9. The number of ether oxygens (including phenoxy) is 1. The van der Waals surface area contributed by atoms with E-state index in [0.717, 1.165) is 40.7 Å². The van der Waals surface area contributed by atoms with E-state index in [0.29, 0.717) is 12.5 Å². The molecule has 5 unspecified atom stereocenters. The Morgan fingerprint density at radius 2 is 2.05 bits per heavy atom. The van der Waals surface area contributed by atoms with Gasteiger partial charge in [0, 0.05) is 12.6 Å². The molecule has 1 aromatic rings. The van der Waals surface area contributed by atoms with E-state index in [1.807, 2.05) is 0 Å². The molecule has 3 aliphatic carbocycles. The first-order valence-corrected chi connectivity index (χ1v) is 8.84. The molecule has 0 saturated heterocycles. The van der Waals surface area contributed by atoms with E-state index in [1.54, 1.807) is 7.11 Å². The Balaban J connectivity index is 1.50. The molecule has 4 rings (SSSR count). The zero-order valence-electron chi connectivity index (χ0n) is 13.4. The van der Waals surface area contributed by atoms with Crippen molar-refractivity contribution < 1.29 is 9.84 Å². The van der Waals surface area contributed by atoms with Gasteiger partial charge in [-0.2, -0.15) is 0 Å². The van der Waals surface area contributed by atoms with Crippen LogP contribution in [0.2, 0.25) is 0 Å². The third-order valence-corrected chi connectivity index (χ3v) is 6.44. The van der Waals surface area contributed by atoms with Crippen LogP contribution in [0.4, 0.5) is 5.69 Å². The van der Waals surface area contributed by atoms with Gasteiger partial charge < -0.3 is 15.2 Å². The van der Waals surface area contributed by atoms with Gasteiger partial charge in [0.05, 0.1) is 12.8 Å². The van der Waals surface area contributed by atoms with E-state index >= 15 is 0 Å². The van der Waals surface area contributed by atoms with Gasteiger partial charge in [0.1, 0.15) is 5.75 Å². The van der Waals surface area contributed by atoms with Crippen LogP contribution in [0.1, 0.15) is 37.7 Å². The quantitative estimate of drug-likeness (QED) is 0.875. The normalized spacial score (nSPS) is 35.6. The second kappa shape index (κ2) is 5.77. The third-order valence-electron chi connectivity index (χ3n) is 6.44. The lowest BCUT2D eigenvalue weighted by atomic mass is 9.79. The first kappa shape index (κ1) is 14.4. The van der Waals surface area contributed by atoms with Crippen LogP contribution in [0, 0.1) is 23.7 Å². The molecule has 0 aromatic heterocycles. The van der Waals surface area contributed by atoms with Gasteiger partial charge in [-0.25, -0.2) is 0 Å². The molecule has 2 bridgehead atoms. The molecule has 1 aromatic carbocycles. The zero-order valence-corrected chi connectivity index (χ0v) is 13.4. The molecule has 0 aliphatic heterocycles. The first-order valence-electron chi connectivity index (χ1n) is 8.84. The maximum Gasteiger partial charge on any atom is 0.142 e. The molecule has 0 spiro atoms. The maximum atomic E-state index is 9.08. The van der Waals surface area contributed by atoms with Gasteiger partial charge in [-0.1, -0.05) is 12.5 Å². The van der Waals surface area contributed by atoms with E-state index < -0.39 is 0 Å². The SMILES string of the molecule is COc1cc(CCO)ccc1NC1CC2CC1C1CCCC21. The van der Waals surface area contributed by atoms with E-state index in [2.05, 4.69) is 23.5 Å². The van der Waals surface area contributed by atoms with Crippen LogP contribution in [-0.2, 0) is 6.42 Å². The third kappa shape index (κ3) is 2.30. The van der Waals surface area contributed by atoms with Gasteiger partial charge >= 0.3 is 0 Å². The van der Waals surface area contributed by atoms with E-state index in [9.17, 15) is 0 Å². The van der Waals surface area contributed by atoms with Crippen molar-refractivity contribution in [1.82, 2.24) is 0 Å². The number of hydrogen-bond acceptors (Lipinski definition) is 3. The summed E-state index contributed by atoms with van der Waals surface area (Å²) < 4.78 is 5.57. The van der Waals surface area contributed by atoms with Gasteiger partial charge in [0.25, 0.3) is 0 Å². The number of rotatable bonds is 5. The number of methoxy groups -OCH3 is 1. The number of fused-ring (bicyclic) bond motifs is 5. The highest BCUT2D eigenvalue weighted by atomic mass is 16.5. The van der Waals surface area contributed by atoms with Gasteiger partial charge in [-0.15, -0.1) is 0 Å². The first-order chi connectivity index (χ1) is 10.8. The van der Waals surface area contributed by atoms with Gasteiger partial charge in [0.2, 0.25) is 0 Å². The lowest BCUT2D eigenvalue weighted by Gasteiger charge is -2.33. The molecule has 3 fully saturated rings. The summed E-state index contributed by atoms with van der Waals surface area (Å²) in [5.41, 5.74) is 2.25. The topological polar surface area (TPSA) is 41.5 Å². The number of aliphatic hydroxyl groups excluding tert-OH is 1. The van der Waals surface area contributed by atoms with Crippen LogP contribution in [0.3, 0.4) is 0 Å². The summed E-state index contributed by atoms with van der Waals surface area (Å²) in [7, 11) is 1.73. The summed E-state index contributed by atoms with van der Waals surface area (Å²) in [6.07, 6.45) is 7.86. The van der Waals surface area contributed by atoms with Crippen LogP contribution in [0.5, 0.6) is 5.75 Å². The predicted molar refractivity (Wildman–Crippen MR) is 88.2 cm³/mol. The van der Waals surface area contributed by atoms with Crippen molar-refractivity contribution in [2.45, 2.75) is 44.6 Å². The Morgan fingerprint density at radius 1 is 1.18 bits per heavy atom. The van der Waals surface area contributed by atoms with Crippen molar-refractivity contribution in [3.63, 3.8) is 0 Å². The standard InChI is InChI=1S/C19H27NO2/c1-22-19-9-12(7-8-21)5-6-17(19)20-18-11-13-10-16(18)15-4-2-3-14(13)15/h5-6,9,13-16,18,20-21H,2-4,7-8,10-11H2,1H3. The van der Waals surface area contributed by atoms with E-state index in [4.69, 9.17) is 9.84 Å². The van der Waals surface area contributed by atoms with Crippen LogP contribution < -0.4 is 10.1 Å². The lowest BCUT2D eigenvalue weighted by Crippen LogP contribution is -2.34. The number of anilines is 1. The Labute approximate surface area is 133 Å². The van der Waals surface area contributed by atoms with Crippen LogP contribution >= 0.6 is 0 Å². The highest BCUT2D eigenvalue weighted by molar-refractivity contribution is 5.58. The van der Waals surface area contributed by atoms with Crippen LogP contribution in [-0.4, -0.2) is 24.9 Å². The molecule has 5 atom stereocenters. The summed E-state index contributed by atoms with van der Waals surface area (Å²) >= 11 is 0. The molecule has 3 aliphatic rings. The van der Waals surface area contributed by atoms with E-state index in [1.165, 1.54) is 32.1 Å². The summed E-state index contributed by atoms with van der Waals surface area (Å²) in [5.74, 6) is 4.78. The molecule has 0 heterocycles. The molecule has 120 valence electrons. The highest BCUT2D eigenvalue weighted by Crippen LogP contribution is 2.59. The second-order valence-electron chi connectivity index (χ2n) is 7.41. The Morgan fingerprint density at radius 3 is 2.86 bits per heavy atom. The monoisotopic (exact) mass is 301 g/mol. The molecule has 3 saturated carbocycles. The molecule has 3 nitrogen and oxygen atoms in total. The summed E-state index contributed by atoms with van der Waals surface area (Å²) in [6, 6.07) is 6.92. The predicted octanol–water partition coefficient (Wildman–Crippen LogP) is 3.47. The summed E-state index contributed by atoms with van der Waals surface area (Å²) in [6.45, 7) is 0.186. The molecule has 0 radical (unpaired) electrons. The fourth-order valence-electron chi connectivity index (χ4n) is 5.57. The lowest BCUT2D eigenvalue weighted by molar-refractivity contribution is 0.243. The van der Waals surface area contributed by atoms with E-state index in [-0.39, 0.29) is 6.61 Å². The molecule has 2 N–H and O–H groups in total. The van der Waals surface area contributed by atoms with Crippen molar-refractivity contribution in [2.24, 2.45) is 23.7 Å². The minimum atomic E-state index is 0.186. The Hall–Kier alpha value is -1.22. The molecular weight excluding hydrogens is 274 g/mol. The van der Waals surface area contributed by atoms with Crippen LogP contribution in [0.25, 0.3) is 0 Å². The molecule has 22 heavy (non-hydrogen) atoms.